The Bertz CT molecular complexity index is 1240. The molecule has 7 heteroatoms. The van der Waals surface area contributed by atoms with Crippen molar-refractivity contribution in [3.8, 4) is 0 Å². The maximum absolute atomic E-state index is 13.0. The fourth-order valence-electron chi connectivity index (χ4n) is 4.77. The van der Waals surface area contributed by atoms with E-state index in [1.54, 1.807) is 12.3 Å². The molecule has 168 valence electrons. The summed E-state index contributed by atoms with van der Waals surface area (Å²) in [4.78, 5) is 42.0. The SMILES string of the molecule is C=C1C(=O)OC2CC3=C[C@@H](C/C(C)=C/C(OC(=O)Cc4cccc5cccnc45)[C@H]12)OC3=O. The van der Waals surface area contributed by atoms with E-state index in [2.05, 4.69) is 11.6 Å². The van der Waals surface area contributed by atoms with Gasteiger partial charge < -0.3 is 14.2 Å². The Morgan fingerprint density at radius 2 is 1.94 bits per heavy atom. The van der Waals surface area contributed by atoms with Crippen LogP contribution < -0.4 is 0 Å². The molecule has 3 heterocycles. The molecule has 5 rings (SSSR count). The average molecular weight is 445 g/mol. The molecule has 1 fully saturated rings. The van der Waals surface area contributed by atoms with Crippen molar-refractivity contribution in [3.05, 3.63) is 77.5 Å². The van der Waals surface area contributed by atoms with Gasteiger partial charge in [0.2, 0.25) is 0 Å². The van der Waals surface area contributed by atoms with Crippen LogP contribution in [0.2, 0.25) is 0 Å². The number of carbonyl (C=O) groups excluding carboxylic acids is 3. The molecule has 2 unspecified atom stereocenters. The van der Waals surface area contributed by atoms with Gasteiger partial charge >= 0.3 is 17.9 Å². The lowest BCUT2D eigenvalue weighted by Crippen LogP contribution is -2.33. The van der Waals surface area contributed by atoms with Crippen LogP contribution in [0.15, 0.2) is 72.0 Å². The first-order valence-electron chi connectivity index (χ1n) is 10.9. The number of fused-ring (bicyclic) bond motifs is 3. The van der Waals surface area contributed by atoms with E-state index >= 15 is 0 Å². The van der Waals surface area contributed by atoms with Gasteiger partial charge in [-0.25, -0.2) is 9.59 Å². The number of aromatic nitrogens is 1. The fraction of sp³-hybridized carbons (Fsp3) is 0.308. The minimum atomic E-state index is -0.752. The first-order valence-corrected chi connectivity index (χ1v) is 10.9. The molecule has 2 aromatic rings. The van der Waals surface area contributed by atoms with E-state index in [-0.39, 0.29) is 24.5 Å². The van der Waals surface area contributed by atoms with Crippen molar-refractivity contribution in [3.63, 3.8) is 0 Å². The Morgan fingerprint density at radius 1 is 1.12 bits per heavy atom. The Balaban J connectivity index is 1.43. The number of hydrogen-bond acceptors (Lipinski definition) is 7. The first-order chi connectivity index (χ1) is 15.9. The molecular weight excluding hydrogens is 422 g/mol. The molecule has 1 aliphatic carbocycles. The third-order valence-corrected chi connectivity index (χ3v) is 6.30. The van der Waals surface area contributed by atoms with Gasteiger partial charge in [-0.2, -0.15) is 0 Å². The van der Waals surface area contributed by atoms with Gasteiger partial charge in [0, 0.05) is 35.6 Å². The van der Waals surface area contributed by atoms with Crippen LogP contribution in [-0.4, -0.2) is 41.2 Å². The van der Waals surface area contributed by atoms with E-state index in [4.69, 9.17) is 14.2 Å². The maximum Gasteiger partial charge on any atom is 0.334 e. The number of para-hydroxylation sites is 1. The summed E-state index contributed by atoms with van der Waals surface area (Å²) in [7, 11) is 0. The smallest absolute Gasteiger partial charge is 0.334 e. The summed E-state index contributed by atoms with van der Waals surface area (Å²) in [5.41, 5.74) is 3.09. The average Bonchev–Trinajstić information content (AvgIpc) is 3.25. The summed E-state index contributed by atoms with van der Waals surface area (Å²) >= 11 is 0. The van der Waals surface area contributed by atoms with Crippen molar-refractivity contribution in [2.75, 3.05) is 0 Å². The normalized spacial score (nSPS) is 28.3. The van der Waals surface area contributed by atoms with Crippen LogP contribution in [0.25, 0.3) is 10.9 Å². The van der Waals surface area contributed by atoms with Crippen LogP contribution in [0, 0.1) is 5.92 Å². The lowest BCUT2D eigenvalue weighted by atomic mass is 9.85. The maximum atomic E-state index is 13.0. The molecule has 7 nitrogen and oxygen atoms in total. The minimum absolute atomic E-state index is 0.0335. The zero-order chi connectivity index (χ0) is 23.1. The van der Waals surface area contributed by atoms with Crippen molar-refractivity contribution in [1.82, 2.24) is 4.98 Å². The highest BCUT2D eigenvalue weighted by Gasteiger charge is 2.46. The number of rotatable bonds is 3. The number of carbonyl (C=O) groups is 3. The third kappa shape index (κ3) is 4.06. The summed E-state index contributed by atoms with van der Waals surface area (Å²) in [6.07, 6.45) is 4.20. The van der Waals surface area contributed by atoms with Gasteiger partial charge in [0.15, 0.2) is 0 Å². The van der Waals surface area contributed by atoms with Gasteiger partial charge in [-0.3, -0.25) is 9.78 Å². The highest BCUT2D eigenvalue weighted by Crippen LogP contribution is 2.38. The molecule has 0 saturated carbocycles. The van der Waals surface area contributed by atoms with Gasteiger partial charge in [-0.15, -0.1) is 0 Å². The number of ether oxygens (including phenoxy) is 3. The number of hydrogen-bond donors (Lipinski definition) is 0. The topological polar surface area (TPSA) is 91.8 Å². The molecule has 0 amide bonds. The zero-order valence-electron chi connectivity index (χ0n) is 18.2. The third-order valence-electron chi connectivity index (χ3n) is 6.30. The van der Waals surface area contributed by atoms with Crippen LogP contribution in [0.4, 0.5) is 0 Å². The number of nitrogens with zero attached hydrogens (tertiary/aromatic N) is 1. The van der Waals surface area contributed by atoms with E-state index in [9.17, 15) is 14.4 Å². The number of benzene rings is 1. The van der Waals surface area contributed by atoms with Gasteiger partial charge in [0.1, 0.15) is 18.3 Å². The quantitative estimate of drug-likeness (QED) is 0.310. The molecule has 1 aromatic carbocycles. The van der Waals surface area contributed by atoms with Crippen molar-refractivity contribution >= 4 is 28.8 Å². The second kappa shape index (κ2) is 8.31. The standard InChI is InChI=1S/C26H23NO6/c1-14-9-19-11-18(26(30)31-19)12-21-23(15(2)25(29)33-21)20(10-14)32-22(28)13-17-6-3-5-16-7-4-8-27-24(16)17/h3-8,10-11,19-21,23H,2,9,12-13H2,1H3/b14-10+/t19-,20?,21?,23+/m1/s1. The molecule has 33 heavy (non-hydrogen) atoms. The van der Waals surface area contributed by atoms with Gasteiger partial charge in [0.25, 0.3) is 0 Å². The summed E-state index contributed by atoms with van der Waals surface area (Å²) in [6.45, 7) is 5.77. The molecule has 1 saturated heterocycles. The minimum Gasteiger partial charge on any atom is -0.458 e. The van der Waals surface area contributed by atoms with Crippen molar-refractivity contribution < 1.29 is 28.6 Å². The fourth-order valence-corrected chi connectivity index (χ4v) is 4.77. The lowest BCUT2D eigenvalue weighted by molar-refractivity contribution is -0.149. The molecule has 2 bridgehead atoms. The van der Waals surface area contributed by atoms with E-state index < -0.39 is 36.0 Å². The first kappa shape index (κ1) is 21.1. The zero-order valence-corrected chi connectivity index (χ0v) is 18.2. The number of pyridine rings is 1. The number of esters is 3. The molecular formula is C26H23NO6. The largest absolute Gasteiger partial charge is 0.458 e. The second-order valence-electron chi connectivity index (χ2n) is 8.68. The Kier molecular flexibility index (Phi) is 5.32. The molecule has 3 aliphatic rings. The lowest BCUT2D eigenvalue weighted by Gasteiger charge is -2.26. The van der Waals surface area contributed by atoms with E-state index in [1.165, 1.54) is 0 Å². The molecule has 2 aliphatic heterocycles. The van der Waals surface area contributed by atoms with Crippen LogP contribution in [0.5, 0.6) is 0 Å². The molecule has 4 atom stereocenters. The monoisotopic (exact) mass is 445 g/mol. The van der Waals surface area contributed by atoms with Crippen LogP contribution in [-0.2, 0) is 35.0 Å². The van der Waals surface area contributed by atoms with Gasteiger partial charge in [0.05, 0.1) is 17.9 Å². The summed E-state index contributed by atoms with van der Waals surface area (Å²) in [5.74, 6) is -1.98. The molecule has 0 spiro atoms. The van der Waals surface area contributed by atoms with E-state index in [0.29, 0.717) is 12.0 Å². The molecule has 0 radical (unpaired) electrons. The summed E-state index contributed by atoms with van der Waals surface area (Å²) in [6, 6.07) is 9.45. The Labute approximate surface area is 190 Å². The highest BCUT2D eigenvalue weighted by atomic mass is 16.6. The highest BCUT2D eigenvalue weighted by molar-refractivity contribution is 5.93. The van der Waals surface area contributed by atoms with Gasteiger partial charge in [-0.05, 0) is 30.7 Å². The van der Waals surface area contributed by atoms with Crippen molar-refractivity contribution in [2.45, 2.75) is 44.5 Å². The Hall–Kier alpha value is -3.74. The second-order valence-corrected chi connectivity index (χ2v) is 8.68. The summed E-state index contributed by atoms with van der Waals surface area (Å²) < 4.78 is 16.8. The summed E-state index contributed by atoms with van der Waals surface area (Å²) in [5, 5.41) is 0.939. The van der Waals surface area contributed by atoms with Crippen LogP contribution in [0.3, 0.4) is 0 Å². The van der Waals surface area contributed by atoms with Crippen LogP contribution in [0.1, 0.15) is 25.3 Å². The molecule has 0 N–H and O–H groups in total. The van der Waals surface area contributed by atoms with Crippen molar-refractivity contribution in [2.24, 2.45) is 5.92 Å². The van der Waals surface area contributed by atoms with Gasteiger partial charge in [-0.1, -0.05) is 36.4 Å². The predicted molar refractivity (Wildman–Crippen MR) is 119 cm³/mol. The van der Waals surface area contributed by atoms with Crippen LogP contribution >= 0.6 is 0 Å². The van der Waals surface area contributed by atoms with E-state index in [1.807, 2.05) is 43.3 Å². The predicted octanol–water partition coefficient (Wildman–Crippen LogP) is 3.38. The van der Waals surface area contributed by atoms with E-state index in [0.717, 1.165) is 22.0 Å². The van der Waals surface area contributed by atoms with Crippen molar-refractivity contribution in [1.29, 1.82) is 0 Å². The molecule has 1 aromatic heterocycles. The Morgan fingerprint density at radius 3 is 2.79 bits per heavy atom.